The molecule has 0 aliphatic carbocycles. The number of furan rings is 1. The number of carbonyl (C=O) groups excluding carboxylic acids is 1. The normalized spacial score (nSPS) is 18.1. The Hall–Kier alpha value is -2.63. The zero-order valence-electron chi connectivity index (χ0n) is 14.3. The van der Waals surface area contributed by atoms with Crippen molar-refractivity contribution in [2.24, 2.45) is 0 Å². The lowest BCUT2D eigenvalue weighted by Crippen LogP contribution is -2.45. The highest BCUT2D eigenvalue weighted by atomic mass is 16.3. The summed E-state index contributed by atoms with van der Waals surface area (Å²) in [5.41, 5.74) is 1.09. The molecule has 3 aromatic rings. The Kier molecular flexibility index (Phi) is 4.03. The van der Waals surface area contributed by atoms with Crippen LogP contribution in [0.3, 0.4) is 0 Å². The fourth-order valence-corrected chi connectivity index (χ4v) is 3.72. The first-order valence-corrected chi connectivity index (χ1v) is 8.85. The highest BCUT2D eigenvalue weighted by Crippen LogP contribution is 2.24. The Morgan fingerprint density at radius 2 is 2.16 bits per heavy atom. The predicted molar refractivity (Wildman–Crippen MR) is 95.4 cm³/mol. The fraction of sp³-hybridized carbons (Fsp3) is 0.421. The van der Waals surface area contributed by atoms with Crippen LogP contribution in [0.4, 0.5) is 0 Å². The standard InChI is InChI=1S/C19H21N3O3/c1-2-13-7-5-6-10-22(13)16(23)11-21-12-20-17-14-8-3-4-9-15(14)25-18(17)19(21)24/h3-4,8-9,12-13H,2,5-7,10-11H2,1H3. The number of aromatic nitrogens is 2. The Morgan fingerprint density at radius 1 is 1.32 bits per heavy atom. The van der Waals surface area contributed by atoms with Gasteiger partial charge in [-0.05, 0) is 37.8 Å². The number of para-hydroxylation sites is 1. The van der Waals surface area contributed by atoms with Gasteiger partial charge in [-0.1, -0.05) is 19.1 Å². The second kappa shape index (κ2) is 6.35. The summed E-state index contributed by atoms with van der Waals surface area (Å²) in [7, 11) is 0. The molecule has 1 aliphatic heterocycles. The van der Waals surface area contributed by atoms with Crippen LogP contribution in [0.2, 0.25) is 0 Å². The van der Waals surface area contributed by atoms with E-state index in [2.05, 4.69) is 11.9 Å². The van der Waals surface area contributed by atoms with Crippen LogP contribution in [0.25, 0.3) is 22.1 Å². The van der Waals surface area contributed by atoms with Gasteiger partial charge in [0.15, 0.2) is 0 Å². The maximum atomic E-state index is 12.7. The molecular weight excluding hydrogens is 318 g/mol. The van der Waals surface area contributed by atoms with Crippen LogP contribution in [0, 0.1) is 0 Å². The molecule has 1 unspecified atom stereocenters. The number of amides is 1. The third-order valence-corrected chi connectivity index (χ3v) is 5.07. The molecule has 0 N–H and O–H groups in total. The SMILES string of the molecule is CCC1CCCCN1C(=O)Cn1cnc2c(oc3ccccc32)c1=O. The largest absolute Gasteiger partial charge is 0.448 e. The van der Waals surface area contributed by atoms with Crippen LogP contribution in [-0.4, -0.2) is 32.9 Å². The Morgan fingerprint density at radius 3 is 3.00 bits per heavy atom. The van der Waals surface area contributed by atoms with Gasteiger partial charge in [-0.2, -0.15) is 0 Å². The van der Waals surface area contributed by atoms with Gasteiger partial charge < -0.3 is 9.32 Å². The van der Waals surface area contributed by atoms with Crippen molar-refractivity contribution in [3.8, 4) is 0 Å². The van der Waals surface area contributed by atoms with Crippen molar-refractivity contribution < 1.29 is 9.21 Å². The molecule has 1 atom stereocenters. The Bertz CT molecular complexity index is 988. The molecule has 0 radical (unpaired) electrons. The van der Waals surface area contributed by atoms with E-state index >= 15 is 0 Å². The molecule has 1 amide bonds. The van der Waals surface area contributed by atoms with Crippen LogP contribution in [0.15, 0.2) is 39.8 Å². The minimum Gasteiger partial charge on any atom is -0.448 e. The zero-order chi connectivity index (χ0) is 17.4. The smallest absolute Gasteiger partial charge is 0.297 e. The van der Waals surface area contributed by atoms with Crippen molar-refractivity contribution >= 4 is 28.0 Å². The van der Waals surface area contributed by atoms with Gasteiger partial charge in [0.1, 0.15) is 17.6 Å². The van der Waals surface area contributed by atoms with E-state index in [1.54, 1.807) is 0 Å². The van der Waals surface area contributed by atoms with Crippen molar-refractivity contribution in [2.75, 3.05) is 6.54 Å². The lowest BCUT2D eigenvalue weighted by Gasteiger charge is -2.35. The van der Waals surface area contributed by atoms with E-state index in [-0.39, 0.29) is 29.6 Å². The third kappa shape index (κ3) is 2.71. The second-order valence-electron chi connectivity index (χ2n) is 6.60. The minimum absolute atomic E-state index is 0.00924. The molecule has 0 saturated carbocycles. The van der Waals surface area contributed by atoms with Crippen LogP contribution in [-0.2, 0) is 11.3 Å². The maximum absolute atomic E-state index is 12.7. The van der Waals surface area contributed by atoms with E-state index in [9.17, 15) is 9.59 Å². The van der Waals surface area contributed by atoms with E-state index in [0.717, 1.165) is 37.6 Å². The molecule has 0 bridgehead atoms. The van der Waals surface area contributed by atoms with E-state index < -0.39 is 0 Å². The number of nitrogens with zero attached hydrogens (tertiary/aromatic N) is 3. The average molecular weight is 339 g/mol. The number of carbonyl (C=O) groups is 1. The average Bonchev–Trinajstić information content (AvgIpc) is 3.03. The summed E-state index contributed by atoms with van der Waals surface area (Å²) in [6.07, 6.45) is 5.63. The van der Waals surface area contributed by atoms with Crippen LogP contribution >= 0.6 is 0 Å². The molecule has 4 rings (SSSR count). The van der Waals surface area contributed by atoms with Crippen LogP contribution in [0.1, 0.15) is 32.6 Å². The highest BCUT2D eigenvalue weighted by Gasteiger charge is 2.26. The molecule has 1 aliphatic rings. The van der Waals surface area contributed by atoms with Crippen molar-refractivity contribution in [3.05, 3.63) is 40.9 Å². The van der Waals surface area contributed by atoms with E-state index in [0.29, 0.717) is 11.1 Å². The molecule has 2 aromatic heterocycles. The summed E-state index contributed by atoms with van der Waals surface area (Å²) < 4.78 is 7.03. The Balaban J connectivity index is 1.67. The van der Waals surface area contributed by atoms with Gasteiger partial charge in [-0.3, -0.25) is 14.2 Å². The van der Waals surface area contributed by atoms with E-state index in [4.69, 9.17) is 4.42 Å². The second-order valence-corrected chi connectivity index (χ2v) is 6.60. The number of fused-ring (bicyclic) bond motifs is 3. The Labute approximate surface area is 145 Å². The molecule has 0 spiro atoms. The molecular formula is C19H21N3O3. The summed E-state index contributed by atoms with van der Waals surface area (Å²) in [5.74, 6) is -0.0223. The predicted octanol–water partition coefficient (Wildman–Crippen LogP) is 2.93. The van der Waals surface area contributed by atoms with Gasteiger partial charge in [-0.25, -0.2) is 4.98 Å². The van der Waals surface area contributed by atoms with Crippen LogP contribution < -0.4 is 5.56 Å². The number of piperidine rings is 1. The van der Waals surface area contributed by atoms with Crippen LogP contribution in [0.5, 0.6) is 0 Å². The lowest BCUT2D eigenvalue weighted by atomic mass is 10.00. The molecule has 130 valence electrons. The van der Waals surface area contributed by atoms with Crippen molar-refractivity contribution in [1.82, 2.24) is 14.5 Å². The van der Waals surface area contributed by atoms with Gasteiger partial charge in [0.2, 0.25) is 11.5 Å². The minimum atomic E-state index is -0.306. The van der Waals surface area contributed by atoms with Gasteiger partial charge >= 0.3 is 0 Å². The topological polar surface area (TPSA) is 68.3 Å². The summed E-state index contributed by atoms with van der Waals surface area (Å²) in [5, 5.41) is 0.815. The molecule has 1 aromatic carbocycles. The fourth-order valence-electron chi connectivity index (χ4n) is 3.72. The first kappa shape index (κ1) is 15.9. The van der Waals surface area contributed by atoms with Crippen molar-refractivity contribution in [1.29, 1.82) is 0 Å². The first-order chi connectivity index (χ1) is 12.2. The molecule has 1 fully saturated rings. The number of hydrogen-bond donors (Lipinski definition) is 0. The number of benzene rings is 1. The highest BCUT2D eigenvalue weighted by molar-refractivity contribution is 6.01. The zero-order valence-corrected chi connectivity index (χ0v) is 14.3. The summed E-state index contributed by atoms with van der Waals surface area (Å²) >= 11 is 0. The summed E-state index contributed by atoms with van der Waals surface area (Å²) in [6, 6.07) is 7.71. The van der Waals surface area contributed by atoms with Gasteiger partial charge in [0, 0.05) is 18.0 Å². The maximum Gasteiger partial charge on any atom is 0.297 e. The molecule has 6 nitrogen and oxygen atoms in total. The summed E-state index contributed by atoms with van der Waals surface area (Å²) in [6.45, 7) is 2.88. The van der Waals surface area contributed by atoms with Gasteiger partial charge in [0.25, 0.3) is 5.56 Å². The number of hydrogen-bond acceptors (Lipinski definition) is 4. The summed E-state index contributed by atoms with van der Waals surface area (Å²) in [4.78, 5) is 31.7. The monoisotopic (exact) mass is 339 g/mol. The van der Waals surface area contributed by atoms with Crippen molar-refractivity contribution in [2.45, 2.75) is 45.2 Å². The molecule has 3 heterocycles. The van der Waals surface area contributed by atoms with Crippen molar-refractivity contribution in [3.63, 3.8) is 0 Å². The first-order valence-electron chi connectivity index (χ1n) is 8.85. The van der Waals surface area contributed by atoms with E-state index in [1.807, 2.05) is 29.2 Å². The third-order valence-electron chi connectivity index (χ3n) is 5.07. The molecule has 6 heteroatoms. The van der Waals surface area contributed by atoms with Gasteiger partial charge in [-0.15, -0.1) is 0 Å². The molecule has 1 saturated heterocycles. The molecule has 25 heavy (non-hydrogen) atoms. The lowest BCUT2D eigenvalue weighted by molar-refractivity contribution is -0.135. The van der Waals surface area contributed by atoms with Gasteiger partial charge in [0.05, 0.1) is 6.33 Å². The number of likely N-dealkylation sites (tertiary alicyclic amines) is 1. The number of rotatable bonds is 3. The quantitative estimate of drug-likeness (QED) is 0.736. The van der Waals surface area contributed by atoms with E-state index in [1.165, 1.54) is 10.9 Å².